The van der Waals surface area contributed by atoms with Gasteiger partial charge in [-0.25, -0.2) is 0 Å². The first-order valence-corrected chi connectivity index (χ1v) is 13.6. The molecule has 2 aliphatic heterocycles. The highest BCUT2D eigenvalue weighted by Crippen LogP contribution is 2.70. The van der Waals surface area contributed by atoms with Gasteiger partial charge in [-0.3, -0.25) is 0 Å². The number of rotatable bonds is 2. The van der Waals surface area contributed by atoms with Crippen molar-refractivity contribution >= 4 is 16.5 Å². The number of fused-ring (bicyclic) bond motifs is 2. The fraction of sp³-hybridized carbons (Fsp3) is 0.533. The van der Waals surface area contributed by atoms with E-state index in [9.17, 15) is 23.4 Å². The number of alkyl halides is 3. The van der Waals surface area contributed by atoms with Crippen LogP contribution in [0, 0.1) is 11.3 Å². The number of aliphatic hydroxyl groups excluding tert-OH is 2. The average molecular weight is 540 g/mol. The predicted molar refractivity (Wildman–Crippen MR) is 139 cm³/mol. The lowest BCUT2D eigenvalue weighted by Crippen LogP contribution is -2.62. The molecule has 3 heterocycles. The molecule has 7 atom stereocenters. The number of aromatic nitrogens is 2. The van der Waals surface area contributed by atoms with Crippen molar-refractivity contribution in [2.24, 2.45) is 11.3 Å². The molecule has 2 N–H and O–H groups in total. The first kappa shape index (κ1) is 25.4. The molecule has 1 aromatic heterocycles. The topological polar surface area (TPSA) is 78.7 Å². The van der Waals surface area contributed by atoms with E-state index in [1.54, 1.807) is 12.3 Å². The minimum absolute atomic E-state index is 0.147. The Hall–Kier alpha value is -2.59. The van der Waals surface area contributed by atoms with Crippen LogP contribution in [0.4, 0.5) is 13.2 Å². The van der Waals surface area contributed by atoms with E-state index in [1.807, 2.05) is 50.2 Å². The van der Waals surface area contributed by atoms with Crippen molar-refractivity contribution in [3.05, 3.63) is 64.9 Å². The second kappa shape index (κ2) is 8.00. The Morgan fingerprint density at radius 3 is 2.67 bits per heavy atom. The second-order valence-electron chi connectivity index (χ2n) is 12.5. The van der Waals surface area contributed by atoms with Crippen molar-refractivity contribution in [1.29, 1.82) is 0 Å². The number of nitrogens with zero attached hydrogens (tertiary/aromatic N) is 3. The van der Waals surface area contributed by atoms with Crippen LogP contribution in [0.25, 0.3) is 16.5 Å². The summed E-state index contributed by atoms with van der Waals surface area (Å²) in [7, 11) is 3.68. The zero-order chi connectivity index (χ0) is 27.5. The molecule has 0 radical (unpaired) electrons. The summed E-state index contributed by atoms with van der Waals surface area (Å²) >= 11 is 0. The smallest absolute Gasteiger partial charge is 0.388 e. The summed E-state index contributed by atoms with van der Waals surface area (Å²) in [6, 6.07) is 7.32. The van der Waals surface area contributed by atoms with Gasteiger partial charge < -0.3 is 19.8 Å². The summed E-state index contributed by atoms with van der Waals surface area (Å²) < 4.78 is 51.5. The third-order valence-corrected chi connectivity index (χ3v) is 10.3. The van der Waals surface area contributed by atoms with Gasteiger partial charge in [0.15, 0.2) is 0 Å². The molecule has 5 aliphatic rings. The van der Waals surface area contributed by atoms with Crippen LogP contribution in [-0.4, -0.2) is 75.0 Å². The Morgan fingerprint density at radius 1 is 1.13 bits per heavy atom. The molecule has 206 valence electrons. The molecule has 39 heavy (non-hydrogen) atoms. The van der Waals surface area contributed by atoms with Crippen LogP contribution in [0.2, 0.25) is 0 Å². The van der Waals surface area contributed by atoms with Crippen LogP contribution in [0.3, 0.4) is 0 Å². The predicted octanol–water partition coefficient (Wildman–Crippen LogP) is 4.59. The van der Waals surface area contributed by atoms with Crippen molar-refractivity contribution in [1.82, 2.24) is 15.1 Å². The maximum atomic E-state index is 14.9. The number of hydrogen-bond acceptors (Lipinski definition) is 6. The highest BCUT2D eigenvalue weighted by atomic mass is 19.4. The van der Waals surface area contributed by atoms with Crippen molar-refractivity contribution in [2.45, 2.75) is 74.7 Å². The Balaban J connectivity index is 1.39. The SMILES string of the molecule is CN(C)[C@H]1C[C@@]23CC[C@@]4(O2)C(=C(C(F)(F)F)C[C@]2(C)C(c5ccc6ccnnc6c5)=CCC24)C=C3[C@@H](O)[C@@H]1O. The molecule has 2 aromatic rings. The fourth-order valence-electron chi connectivity index (χ4n) is 8.52. The van der Waals surface area contributed by atoms with E-state index in [-0.39, 0.29) is 24.0 Å². The van der Waals surface area contributed by atoms with Crippen molar-refractivity contribution in [3.63, 3.8) is 0 Å². The molecular formula is C30H32F3N3O3. The van der Waals surface area contributed by atoms with E-state index in [0.29, 0.717) is 36.8 Å². The number of benzene rings is 1. The maximum absolute atomic E-state index is 14.9. The third kappa shape index (κ3) is 3.30. The first-order chi connectivity index (χ1) is 18.4. The van der Waals surface area contributed by atoms with Gasteiger partial charge in [0, 0.05) is 28.3 Å². The van der Waals surface area contributed by atoms with Gasteiger partial charge in [0.25, 0.3) is 0 Å². The van der Waals surface area contributed by atoms with Gasteiger partial charge in [-0.1, -0.05) is 31.2 Å². The highest BCUT2D eigenvalue weighted by molar-refractivity contribution is 5.85. The highest BCUT2D eigenvalue weighted by Gasteiger charge is 2.69. The van der Waals surface area contributed by atoms with Crippen LogP contribution in [0.5, 0.6) is 0 Å². The number of likely N-dealkylation sites (N-methyl/N-ethyl adjacent to an activating group) is 1. The maximum Gasteiger partial charge on any atom is 0.413 e. The Labute approximate surface area is 224 Å². The monoisotopic (exact) mass is 539 g/mol. The summed E-state index contributed by atoms with van der Waals surface area (Å²) in [4.78, 5) is 1.86. The molecule has 0 amide bonds. The van der Waals surface area contributed by atoms with Gasteiger partial charge in [-0.05, 0) is 80.6 Å². The van der Waals surface area contributed by atoms with Gasteiger partial charge in [0.05, 0.1) is 29.0 Å². The largest absolute Gasteiger partial charge is 0.413 e. The summed E-state index contributed by atoms with van der Waals surface area (Å²) in [5, 5.41) is 31.2. The molecule has 9 heteroatoms. The first-order valence-electron chi connectivity index (χ1n) is 13.6. The Bertz CT molecular complexity index is 1480. The zero-order valence-corrected chi connectivity index (χ0v) is 22.2. The van der Waals surface area contributed by atoms with E-state index < -0.39 is 40.6 Å². The van der Waals surface area contributed by atoms with Crippen LogP contribution < -0.4 is 0 Å². The van der Waals surface area contributed by atoms with Crippen molar-refractivity contribution in [2.75, 3.05) is 14.1 Å². The lowest BCUT2D eigenvalue weighted by atomic mass is 9.56. The van der Waals surface area contributed by atoms with Gasteiger partial charge in [-0.15, -0.1) is 0 Å². The Morgan fingerprint density at radius 2 is 1.92 bits per heavy atom. The van der Waals surface area contributed by atoms with Crippen molar-refractivity contribution in [3.8, 4) is 0 Å². The van der Waals surface area contributed by atoms with Crippen LogP contribution >= 0.6 is 0 Å². The van der Waals surface area contributed by atoms with Gasteiger partial charge in [0.2, 0.25) is 0 Å². The third-order valence-electron chi connectivity index (χ3n) is 10.3. The molecule has 1 saturated carbocycles. The second-order valence-corrected chi connectivity index (χ2v) is 12.5. The number of halogens is 3. The molecule has 2 bridgehead atoms. The molecule has 6 nitrogen and oxygen atoms in total. The van der Waals surface area contributed by atoms with Crippen LogP contribution in [0.15, 0.2) is 59.3 Å². The van der Waals surface area contributed by atoms with E-state index in [4.69, 9.17) is 4.74 Å². The zero-order valence-electron chi connectivity index (χ0n) is 22.2. The van der Waals surface area contributed by atoms with Crippen LogP contribution in [0.1, 0.15) is 44.6 Å². The number of aliphatic hydroxyl groups is 2. The molecule has 2 fully saturated rings. The minimum Gasteiger partial charge on any atom is -0.388 e. The molecule has 1 saturated heterocycles. The fourth-order valence-corrected chi connectivity index (χ4v) is 8.52. The summed E-state index contributed by atoms with van der Waals surface area (Å²) in [5.74, 6) is -0.197. The summed E-state index contributed by atoms with van der Waals surface area (Å²) in [5.41, 5.74) is -0.422. The molecule has 1 unspecified atom stereocenters. The number of allylic oxidation sites excluding steroid dienone is 3. The van der Waals surface area contributed by atoms with Gasteiger partial charge in [0.1, 0.15) is 6.10 Å². The number of ether oxygens (including phenoxy) is 1. The molecule has 3 aliphatic carbocycles. The minimum atomic E-state index is -4.56. The molecule has 7 rings (SSSR count). The van der Waals surface area contributed by atoms with E-state index >= 15 is 0 Å². The van der Waals surface area contributed by atoms with E-state index in [1.165, 1.54) is 0 Å². The number of hydrogen-bond donors (Lipinski definition) is 2. The average Bonchev–Trinajstić information content (AvgIpc) is 3.40. The quantitative estimate of drug-likeness (QED) is 0.582. The standard InChI is InChI=1S/C30H32F3N3O3/c1-27-14-21(30(31,32)33)19-13-20-25(37)26(38)23(36(2)3)15-28(20)9-10-29(19,39-28)24(27)7-6-18(27)17-5-4-16-8-11-34-35-22(16)12-17/h4-6,8,11-13,23-26,37-38H,7,9-10,14-15H2,1-3H3/t23-,24?,25+,26+,27+,28+,29+/m0/s1. The van der Waals surface area contributed by atoms with Crippen LogP contribution in [-0.2, 0) is 4.74 Å². The molecular weight excluding hydrogens is 507 g/mol. The molecule has 1 aromatic carbocycles. The molecule has 2 spiro atoms. The van der Waals surface area contributed by atoms with E-state index in [2.05, 4.69) is 16.3 Å². The van der Waals surface area contributed by atoms with E-state index in [0.717, 1.165) is 16.5 Å². The van der Waals surface area contributed by atoms with Crippen molar-refractivity contribution < 1.29 is 28.1 Å². The summed E-state index contributed by atoms with van der Waals surface area (Å²) in [6.45, 7) is 1.95. The van der Waals surface area contributed by atoms with Gasteiger partial charge in [-0.2, -0.15) is 23.4 Å². The van der Waals surface area contributed by atoms with Gasteiger partial charge >= 0.3 is 6.18 Å². The normalized spacial score (nSPS) is 39.4. The Kier molecular flexibility index (Phi) is 5.20. The lowest BCUT2D eigenvalue weighted by Gasteiger charge is -2.57. The lowest BCUT2D eigenvalue weighted by molar-refractivity contribution is -0.170. The summed E-state index contributed by atoms with van der Waals surface area (Å²) in [6.07, 6.45) is 0.108.